The van der Waals surface area contributed by atoms with E-state index in [9.17, 15) is 5.11 Å². The topological polar surface area (TPSA) is 74.1 Å². The molecule has 98 valence electrons. The summed E-state index contributed by atoms with van der Waals surface area (Å²) in [5, 5.41) is 21.2. The van der Waals surface area contributed by atoms with Gasteiger partial charge in [0.2, 0.25) is 0 Å². The summed E-state index contributed by atoms with van der Waals surface area (Å²) in [5.41, 5.74) is 4.18. The summed E-state index contributed by atoms with van der Waals surface area (Å²) in [4.78, 5) is 5.25. The van der Waals surface area contributed by atoms with Gasteiger partial charge in [0.1, 0.15) is 5.75 Å². The van der Waals surface area contributed by atoms with Crippen molar-refractivity contribution in [3.63, 3.8) is 0 Å². The van der Waals surface area contributed by atoms with Gasteiger partial charge in [0, 0.05) is 5.56 Å². The molecule has 0 bridgehead atoms. The maximum absolute atomic E-state index is 9.18. The maximum atomic E-state index is 9.18. The molecule has 0 aliphatic carbocycles. The van der Waals surface area contributed by atoms with Crippen LogP contribution in [0.2, 0.25) is 0 Å². The minimum atomic E-state index is 0.145. The van der Waals surface area contributed by atoms with E-state index in [1.807, 2.05) is 30.3 Å². The second-order valence-electron chi connectivity index (χ2n) is 3.87. The van der Waals surface area contributed by atoms with Crippen LogP contribution in [0.3, 0.4) is 0 Å². The molecule has 0 unspecified atom stereocenters. The molecular formula is C14H14N2O3. The summed E-state index contributed by atoms with van der Waals surface area (Å²) in [6.07, 6.45) is 0. The van der Waals surface area contributed by atoms with Gasteiger partial charge < -0.3 is 10.3 Å². The Bertz CT molecular complexity index is 538. The first kappa shape index (κ1) is 12.9. The van der Waals surface area contributed by atoms with Crippen molar-refractivity contribution in [2.75, 3.05) is 0 Å². The number of hydrogen-bond acceptors (Lipinski definition) is 4. The number of hydrogen-bond donors (Lipinski definition) is 3. The van der Waals surface area contributed by atoms with Gasteiger partial charge in [-0.25, -0.2) is 5.48 Å². The van der Waals surface area contributed by atoms with Crippen LogP contribution in [0, 0.1) is 0 Å². The Labute approximate surface area is 110 Å². The molecule has 2 aromatic carbocycles. The van der Waals surface area contributed by atoms with Crippen LogP contribution in [0.4, 0.5) is 0 Å². The molecule has 0 amide bonds. The zero-order chi connectivity index (χ0) is 13.5. The smallest absolute Gasteiger partial charge is 0.196 e. The molecule has 0 aromatic heterocycles. The van der Waals surface area contributed by atoms with Crippen molar-refractivity contribution < 1.29 is 15.2 Å². The highest BCUT2D eigenvalue weighted by molar-refractivity contribution is 5.97. The molecule has 0 spiro atoms. The van der Waals surface area contributed by atoms with Crippen LogP contribution in [0.1, 0.15) is 11.1 Å². The van der Waals surface area contributed by atoms with Crippen molar-refractivity contribution in [3.8, 4) is 5.75 Å². The first-order valence-corrected chi connectivity index (χ1v) is 5.73. The summed E-state index contributed by atoms with van der Waals surface area (Å²) >= 11 is 0. The van der Waals surface area contributed by atoms with Gasteiger partial charge in [-0.1, -0.05) is 35.5 Å². The third-order valence-corrected chi connectivity index (χ3v) is 2.49. The van der Waals surface area contributed by atoms with Crippen molar-refractivity contribution >= 4 is 5.84 Å². The average Bonchev–Trinajstić information content (AvgIpc) is 2.46. The van der Waals surface area contributed by atoms with Gasteiger partial charge in [0.15, 0.2) is 5.84 Å². The maximum Gasteiger partial charge on any atom is 0.196 e. The highest BCUT2D eigenvalue weighted by Crippen LogP contribution is 2.10. The Morgan fingerprint density at radius 3 is 2.37 bits per heavy atom. The van der Waals surface area contributed by atoms with Gasteiger partial charge in [-0.15, -0.1) is 0 Å². The highest BCUT2D eigenvalue weighted by Gasteiger charge is 2.04. The lowest BCUT2D eigenvalue weighted by atomic mass is 10.2. The van der Waals surface area contributed by atoms with Gasteiger partial charge in [-0.3, -0.25) is 4.84 Å². The number of hydroxylamine groups is 1. The number of oxime groups is 1. The Morgan fingerprint density at radius 2 is 1.74 bits per heavy atom. The molecular weight excluding hydrogens is 244 g/mol. The van der Waals surface area contributed by atoms with Crippen LogP contribution < -0.4 is 5.48 Å². The molecule has 0 saturated heterocycles. The first-order chi connectivity index (χ1) is 9.29. The molecule has 3 N–H and O–H groups in total. The highest BCUT2D eigenvalue weighted by atomic mass is 16.6. The van der Waals surface area contributed by atoms with Crippen LogP contribution >= 0.6 is 0 Å². The monoisotopic (exact) mass is 258 g/mol. The van der Waals surface area contributed by atoms with E-state index < -0.39 is 0 Å². The Balaban J connectivity index is 1.92. The lowest BCUT2D eigenvalue weighted by Crippen LogP contribution is -2.24. The largest absolute Gasteiger partial charge is 0.508 e. The summed E-state index contributed by atoms with van der Waals surface area (Å²) in [6.45, 7) is 0.345. The molecule has 0 aliphatic heterocycles. The van der Waals surface area contributed by atoms with E-state index in [2.05, 4.69) is 10.6 Å². The van der Waals surface area contributed by atoms with Crippen molar-refractivity contribution in [2.45, 2.75) is 6.61 Å². The van der Waals surface area contributed by atoms with Gasteiger partial charge >= 0.3 is 0 Å². The number of phenolic OH excluding ortho intramolecular Hbond substituents is 1. The quantitative estimate of drug-likeness (QED) is 0.340. The third-order valence-electron chi connectivity index (χ3n) is 2.49. The molecule has 19 heavy (non-hydrogen) atoms. The first-order valence-electron chi connectivity index (χ1n) is 5.73. The predicted octanol–water partition coefficient (Wildman–Crippen LogP) is 2.25. The minimum absolute atomic E-state index is 0.145. The van der Waals surface area contributed by atoms with E-state index in [-0.39, 0.29) is 11.6 Å². The molecule has 2 rings (SSSR count). The van der Waals surface area contributed by atoms with E-state index >= 15 is 0 Å². The van der Waals surface area contributed by atoms with Crippen molar-refractivity contribution in [1.29, 1.82) is 0 Å². The summed E-state index contributed by atoms with van der Waals surface area (Å²) in [7, 11) is 0. The van der Waals surface area contributed by atoms with E-state index in [0.29, 0.717) is 12.2 Å². The number of nitrogens with zero attached hydrogens (tertiary/aromatic N) is 1. The number of benzene rings is 2. The number of nitrogens with one attached hydrogen (secondary N) is 1. The molecule has 0 atom stereocenters. The van der Waals surface area contributed by atoms with Gasteiger partial charge in [-0.05, 0) is 29.8 Å². The number of rotatable bonds is 4. The van der Waals surface area contributed by atoms with Crippen LogP contribution in [0.15, 0.2) is 59.8 Å². The van der Waals surface area contributed by atoms with Crippen molar-refractivity contribution in [2.24, 2.45) is 5.16 Å². The van der Waals surface area contributed by atoms with Crippen LogP contribution in [0.5, 0.6) is 5.75 Å². The number of amidine groups is 1. The molecule has 0 saturated carbocycles. The molecule has 5 nitrogen and oxygen atoms in total. The lowest BCUT2D eigenvalue weighted by Gasteiger charge is -2.08. The average molecular weight is 258 g/mol. The Hall–Kier alpha value is -2.53. The molecule has 0 aliphatic rings. The fourth-order valence-electron chi connectivity index (χ4n) is 1.52. The van der Waals surface area contributed by atoms with Gasteiger partial charge in [0.05, 0.1) is 6.61 Å². The fourth-order valence-corrected chi connectivity index (χ4v) is 1.52. The van der Waals surface area contributed by atoms with E-state index in [1.54, 1.807) is 12.1 Å². The summed E-state index contributed by atoms with van der Waals surface area (Å²) < 4.78 is 0. The normalized spacial score (nSPS) is 11.3. The van der Waals surface area contributed by atoms with Crippen LogP contribution in [0.25, 0.3) is 0 Å². The van der Waals surface area contributed by atoms with E-state index in [0.717, 1.165) is 5.56 Å². The zero-order valence-electron chi connectivity index (χ0n) is 10.2. The zero-order valence-corrected chi connectivity index (χ0v) is 10.2. The van der Waals surface area contributed by atoms with E-state index in [4.69, 9.17) is 10.0 Å². The second-order valence-corrected chi connectivity index (χ2v) is 3.87. The van der Waals surface area contributed by atoms with Gasteiger partial charge in [0.25, 0.3) is 0 Å². The molecule has 0 radical (unpaired) electrons. The molecule has 5 heteroatoms. The second kappa shape index (κ2) is 6.42. The molecule has 0 fully saturated rings. The molecule has 2 aromatic rings. The molecule has 0 heterocycles. The third kappa shape index (κ3) is 3.72. The van der Waals surface area contributed by atoms with Crippen LogP contribution in [-0.2, 0) is 11.4 Å². The predicted molar refractivity (Wildman–Crippen MR) is 70.8 cm³/mol. The van der Waals surface area contributed by atoms with Crippen LogP contribution in [-0.4, -0.2) is 16.1 Å². The van der Waals surface area contributed by atoms with Crippen molar-refractivity contribution in [3.05, 3.63) is 65.7 Å². The van der Waals surface area contributed by atoms with Crippen molar-refractivity contribution in [1.82, 2.24) is 5.48 Å². The number of aromatic hydroxyl groups is 1. The SMILES string of the molecule is O/N=C(/NOCc1ccccc1)c1ccc(O)cc1. The standard InChI is InChI=1S/C14H14N2O3/c17-13-8-6-12(7-9-13)14(15-18)16-19-10-11-4-2-1-3-5-11/h1-9,17-18H,10H2,(H,15,16). The summed E-state index contributed by atoms with van der Waals surface area (Å²) in [5.74, 6) is 0.321. The fraction of sp³-hybridized carbons (Fsp3) is 0.0714. The minimum Gasteiger partial charge on any atom is -0.508 e. The number of phenols is 1. The van der Waals surface area contributed by atoms with E-state index in [1.165, 1.54) is 12.1 Å². The Morgan fingerprint density at radius 1 is 1.05 bits per heavy atom. The lowest BCUT2D eigenvalue weighted by molar-refractivity contribution is 0.0691. The summed E-state index contributed by atoms with van der Waals surface area (Å²) in [6, 6.07) is 15.8. The van der Waals surface area contributed by atoms with Gasteiger partial charge in [-0.2, -0.15) is 0 Å². The Kier molecular flexibility index (Phi) is 4.36.